The van der Waals surface area contributed by atoms with E-state index in [9.17, 15) is 14.0 Å². The van der Waals surface area contributed by atoms with E-state index in [1.807, 2.05) is 0 Å². The number of aliphatic carboxylic acids is 1. The molecule has 0 saturated carbocycles. The van der Waals surface area contributed by atoms with Crippen molar-refractivity contribution in [2.24, 2.45) is 0 Å². The summed E-state index contributed by atoms with van der Waals surface area (Å²) >= 11 is 5.98. The van der Waals surface area contributed by atoms with E-state index in [0.717, 1.165) is 0 Å². The van der Waals surface area contributed by atoms with Crippen LogP contribution in [-0.2, 0) is 11.3 Å². The molecule has 0 fully saturated rings. The summed E-state index contributed by atoms with van der Waals surface area (Å²) in [6, 6.07) is 14.0. The number of benzene rings is 2. The van der Waals surface area contributed by atoms with Gasteiger partial charge in [0.05, 0.1) is 19.2 Å². The Morgan fingerprint density at radius 1 is 1.14 bits per heavy atom. The predicted molar refractivity (Wildman–Crippen MR) is 129 cm³/mol. The molecule has 9 heteroatoms. The number of carboxylic acids is 1. The summed E-state index contributed by atoms with van der Waals surface area (Å²) in [6.45, 7) is 3.18. The van der Waals surface area contributed by atoms with E-state index in [2.05, 4.69) is 4.98 Å². The fourth-order valence-electron chi connectivity index (χ4n) is 3.83. The summed E-state index contributed by atoms with van der Waals surface area (Å²) in [5.74, 6) is -1.30. The van der Waals surface area contributed by atoms with E-state index in [1.54, 1.807) is 47.9 Å². The van der Waals surface area contributed by atoms with Crippen LogP contribution in [0.3, 0.4) is 0 Å². The number of pyridine rings is 1. The predicted octanol–water partition coefficient (Wildman–Crippen LogP) is 5.28. The second-order valence-electron chi connectivity index (χ2n) is 7.96. The Kier molecular flexibility index (Phi) is 6.75. The first-order valence-corrected chi connectivity index (χ1v) is 11.1. The molecule has 2 heterocycles. The van der Waals surface area contributed by atoms with E-state index in [0.29, 0.717) is 38.8 Å². The van der Waals surface area contributed by atoms with Gasteiger partial charge in [-0.25, -0.2) is 9.18 Å². The molecule has 0 amide bonds. The first-order chi connectivity index (χ1) is 16.7. The Labute approximate surface area is 205 Å². The zero-order valence-corrected chi connectivity index (χ0v) is 20.0. The number of halogens is 2. The third kappa shape index (κ3) is 4.83. The standard InChI is InChI=1S/C26H22ClFN2O5/c1-14-23(24(31)16-4-6-18(27)7-5-16)20-9-11-22(34-3)29-25(20)30(14)13-17-12-19(8-10-21(17)28)35-15(2)26(32)33/h4-12,15H,13H2,1-3H3,(H,32,33)/t15-/m1/s1. The minimum absolute atomic E-state index is 0.0287. The summed E-state index contributed by atoms with van der Waals surface area (Å²) in [5.41, 5.74) is 2.17. The van der Waals surface area contributed by atoms with Gasteiger partial charge >= 0.3 is 5.97 Å². The molecule has 35 heavy (non-hydrogen) atoms. The van der Waals surface area contributed by atoms with Crippen LogP contribution in [0.15, 0.2) is 54.6 Å². The van der Waals surface area contributed by atoms with E-state index < -0.39 is 17.9 Å². The molecule has 2 aromatic heterocycles. The number of methoxy groups -OCH3 is 1. The number of carboxylic acid groups (broad SMARTS) is 1. The number of hydrogen-bond donors (Lipinski definition) is 1. The number of fused-ring (bicyclic) bond motifs is 1. The average Bonchev–Trinajstić information content (AvgIpc) is 3.11. The second kappa shape index (κ2) is 9.76. The zero-order valence-electron chi connectivity index (χ0n) is 19.2. The minimum atomic E-state index is -1.13. The lowest BCUT2D eigenvalue weighted by Crippen LogP contribution is -2.23. The second-order valence-corrected chi connectivity index (χ2v) is 8.40. The van der Waals surface area contributed by atoms with Crippen molar-refractivity contribution in [1.29, 1.82) is 0 Å². The highest BCUT2D eigenvalue weighted by Crippen LogP contribution is 2.31. The van der Waals surface area contributed by atoms with E-state index >= 15 is 0 Å². The summed E-state index contributed by atoms with van der Waals surface area (Å²) < 4.78 is 27.2. The molecule has 0 saturated heterocycles. The number of carbonyl (C=O) groups excluding carboxylic acids is 1. The van der Waals surface area contributed by atoms with Crippen LogP contribution >= 0.6 is 11.6 Å². The largest absolute Gasteiger partial charge is 0.481 e. The van der Waals surface area contributed by atoms with E-state index in [1.165, 1.54) is 32.2 Å². The molecule has 0 aliphatic rings. The van der Waals surface area contributed by atoms with Crippen molar-refractivity contribution in [2.75, 3.05) is 7.11 Å². The van der Waals surface area contributed by atoms with Crippen molar-refractivity contribution in [1.82, 2.24) is 9.55 Å². The van der Waals surface area contributed by atoms with Crippen LogP contribution in [0.1, 0.15) is 34.1 Å². The Balaban J connectivity index is 1.82. The fraction of sp³-hybridized carbons (Fsp3) is 0.192. The van der Waals surface area contributed by atoms with Crippen LogP contribution in [0.25, 0.3) is 11.0 Å². The molecule has 4 rings (SSSR count). The molecule has 0 bridgehead atoms. The molecule has 0 aliphatic carbocycles. The molecule has 4 aromatic rings. The number of aromatic nitrogens is 2. The normalized spacial score (nSPS) is 11.9. The first kappa shape index (κ1) is 24.2. The molecule has 1 atom stereocenters. The van der Waals surface area contributed by atoms with Gasteiger partial charge in [0.1, 0.15) is 17.2 Å². The highest BCUT2D eigenvalue weighted by atomic mass is 35.5. The Morgan fingerprint density at radius 3 is 2.51 bits per heavy atom. The van der Waals surface area contributed by atoms with Gasteiger partial charge in [-0.05, 0) is 62.4 Å². The third-order valence-electron chi connectivity index (χ3n) is 5.69. The van der Waals surface area contributed by atoms with Gasteiger partial charge < -0.3 is 19.1 Å². The van der Waals surface area contributed by atoms with Gasteiger partial charge in [-0.3, -0.25) is 4.79 Å². The van der Waals surface area contributed by atoms with Gasteiger partial charge in [0.15, 0.2) is 11.9 Å². The van der Waals surface area contributed by atoms with Crippen molar-refractivity contribution < 1.29 is 28.6 Å². The van der Waals surface area contributed by atoms with Crippen LogP contribution in [0.4, 0.5) is 4.39 Å². The summed E-state index contributed by atoms with van der Waals surface area (Å²) in [5, 5.41) is 10.2. The minimum Gasteiger partial charge on any atom is -0.481 e. The summed E-state index contributed by atoms with van der Waals surface area (Å²) in [7, 11) is 1.48. The Hall–Kier alpha value is -3.91. The number of hydrogen-bond acceptors (Lipinski definition) is 5. The molecular weight excluding hydrogens is 475 g/mol. The maximum absolute atomic E-state index is 14.8. The number of carbonyl (C=O) groups is 2. The third-order valence-corrected chi connectivity index (χ3v) is 5.94. The van der Waals surface area contributed by atoms with Gasteiger partial charge in [0, 0.05) is 33.3 Å². The molecule has 2 aromatic carbocycles. The smallest absolute Gasteiger partial charge is 0.344 e. The summed E-state index contributed by atoms with van der Waals surface area (Å²) in [6.07, 6.45) is -1.10. The van der Waals surface area contributed by atoms with Gasteiger partial charge in [-0.1, -0.05) is 11.6 Å². The van der Waals surface area contributed by atoms with E-state index in [4.69, 9.17) is 26.2 Å². The van der Waals surface area contributed by atoms with Crippen molar-refractivity contribution >= 4 is 34.4 Å². The van der Waals surface area contributed by atoms with Crippen LogP contribution < -0.4 is 9.47 Å². The number of rotatable bonds is 8. The number of ketones is 1. The summed E-state index contributed by atoms with van der Waals surface area (Å²) in [4.78, 5) is 29.1. The van der Waals surface area contributed by atoms with E-state index in [-0.39, 0.29) is 23.6 Å². The van der Waals surface area contributed by atoms with Crippen LogP contribution in [0.5, 0.6) is 11.6 Å². The van der Waals surface area contributed by atoms with Crippen molar-refractivity contribution in [2.45, 2.75) is 26.5 Å². The fourth-order valence-corrected chi connectivity index (χ4v) is 3.96. The van der Waals surface area contributed by atoms with Crippen molar-refractivity contribution in [3.05, 3.63) is 87.8 Å². The molecule has 0 spiro atoms. The highest BCUT2D eigenvalue weighted by Gasteiger charge is 2.23. The quantitative estimate of drug-likeness (QED) is 0.334. The molecule has 7 nitrogen and oxygen atoms in total. The van der Waals surface area contributed by atoms with Gasteiger partial charge in [-0.15, -0.1) is 0 Å². The molecule has 0 unspecified atom stereocenters. The lowest BCUT2D eigenvalue weighted by atomic mass is 10.0. The van der Waals surface area contributed by atoms with Crippen LogP contribution in [-0.4, -0.2) is 39.6 Å². The molecule has 0 radical (unpaired) electrons. The maximum atomic E-state index is 14.8. The van der Waals surface area contributed by atoms with Crippen molar-refractivity contribution in [3.8, 4) is 11.6 Å². The lowest BCUT2D eigenvalue weighted by molar-refractivity contribution is -0.144. The molecule has 180 valence electrons. The van der Waals surface area contributed by atoms with Gasteiger partial charge in [0.2, 0.25) is 5.88 Å². The highest BCUT2D eigenvalue weighted by molar-refractivity contribution is 6.30. The monoisotopic (exact) mass is 496 g/mol. The zero-order chi connectivity index (χ0) is 25.3. The maximum Gasteiger partial charge on any atom is 0.344 e. The average molecular weight is 497 g/mol. The topological polar surface area (TPSA) is 90.7 Å². The number of nitrogens with zero attached hydrogens (tertiary/aromatic N) is 2. The van der Waals surface area contributed by atoms with Crippen LogP contribution in [0, 0.1) is 12.7 Å². The molecular formula is C26H22ClFN2O5. The lowest BCUT2D eigenvalue weighted by Gasteiger charge is -2.14. The van der Waals surface area contributed by atoms with Gasteiger partial charge in [-0.2, -0.15) is 4.98 Å². The Bertz CT molecular complexity index is 1430. The number of ether oxygens (including phenoxy) is 2. The SMILES string of the molecule is COc1ccc2c(C(=O)c3ccc(Cl)cc3)c(C)n(Cc3cc(O[C@H](C)C(=O)O)ccc3F)c2n1. The Morgan fingerprint density at radius 2 is 1.86 bits per heavy atom. The van der Waals surface area contributed by atoms with Gasteiger partial charge in [0.25, 0.3) is 0 Å². The van der Waals surface area contributed by atoms with Crippen LogP contribution in [0.2, 0.25) is 5.02 Å². The van der Waals surface area contributed by atoms with Crippen molar-refractivity contribution in [3.63, 3.8) is 0 Å². The first-order valence-electron chi connectivity index (χ1n) is 10.7. The molecule has 0 aliphatic heterocycles. The molecule has 1 N–H and O–H groups in total.